The lowest BCUT2D eigenvalue weighted by Gasteiger charge is -2.22. The molecule has 0 atom stereocenters. The summed E-state index contributed by atoms with van der Waals surface area (Å²) in [6.07, 6.45) is -21.5. The van der Waals surface area contributed by atoms with E-state index < -0.39 is 103 Å². The van der Waals surface area contributed by atoms with Gasteiger partial charge in [-0.15, -0.1) is 0 Å². The topological polar surface area (TPSA) is 81.7 Å². The van der Waals surface area contributed by atoms with Gasteiger partial charge in [-0.3, -0.25) is 0 Å². The van der Waals surface area contributed by atoms with E-state index in [1.807, 2.05) is 0 Å². The molecular formula is C43H24F12NO5PS. The van der Waals surface area contributed by atoms with Gasteiger partial charge in [-0.1, -0.05) is 70.7 Å². The summed E-state index contributed by atoms with van der Waals surface area (Å²) in [5.41, 5.74) is -10.1. The van der Waals surface area contributed by atoms with Gasteiger partial charge in [0.05, 0.1) is 27.1 Å². The Hall–Kier alpha value is -6.04. The van der Waals surface area contributed by atoms with E-state index in [4.69, 9.17) is 9.05 Å². The molecule has 1 heterocycles. The number of alkyl halides is 12. The van der Waals surface area contributed by atoms with E-state index in [0.29, 0.717) is 29.8 Å². The van der Waals surface area contributed by atoms with Crippen LogP contribution in [0, 0.1) is 6.92 Å². The summed E-state index contributed by atoms with van der Waals surface area (Å²) in [7, 11) is -10.8. The number of hydrogen-bond acceptors (Lipinski definition) is 5. The number of rotatable bonds is 5. The lowest BCUT2D eigenvalue weighted by Crippen LogP contribution is -2.26. The van der Waals surface area contributed by atoms with Crippen LogP contribution in [0.25, 0.3) is 54.9 Å². The molecule has 1 aliphatic heterocycles. The highest BCUT2D eigenvalue weighted by Gasteiger charge is 2.44. The third-order valence-electron chi connectivity index (χ3n) is 10.0. The van der Waals surface area contributed by atoms with Crippen molar-refractivity contribution in [1.82, 2.24) is 4.49 Å². The normalized spacial score (nSPS) is 14.4. The van der Waals surface area contributed by atoms with Crippen molar-refractivity contribution in [2.24, 2.45) is 0 Å². The van der Waals surface area contributed by atoms with Crippen LogP contribution in [0.15, 0.2) is 126 Å². The van der Waals surface area contributed by atoms with Crippen LogP contribution in [-0.4, -0.2) is 8.42 Å². The second-order valence-electron chi connectivity index (χ2n) is 14.4. The molecule has 7 aromatic rings. The van der Waals surface area contributed by atoms with E-state index in [9.17, 15) is 61.1 Å². The lowest BCUT2D eigenvalue weighted by atomic mass is 9.85. The molecule has 0 unspecified atom stereocenters. The van der Waals surface area contributed by atoms with Crippen LogP contribution in [-0.2, 0) is 39.3 Å². The molecule has 0 radical (unpaired) electrons. The second-order valence-corrected chi connectivity index (χ2v) is 17.9. The first-order valence-corrected chi connectivity index (χ1v) is 21.1. The molecule has 0 saturated carbocycles. The van der Waals surface area contributed by atoms with Crippen molar-refractivity contribution < 1.29 is 74.7 Å². The van der Waals surface area contributed by atoms with Crippen molar-refractivity contribution in [2.75, 3.05) is 0 Å². The number of nitrogens with one attached hydrogen (secondary N) is 1. The number of benzene rings is 7. The fourth-order valence-corrected chi connectivity index (χ4v) is 10.5. The zero-order chi connectivity index (χ0) is 45.7. The van der Waals surface area contributed by atoms with E-state index in [1.54, 1.807) is 11.4 Å². The van der Waals surface area contributed by atoms with Gasteiger partial charge in [-0.2, -0.15) is 52.7 Å². The van der Waals surface area contributed by atoms with Crippen molar-refractivity contribution in [3.63, 3.8) is 0 Å². The Morgan fingerprint density at radius 2 is 0.841 bits per heavy atom. The highest BCUT2D eigenvalue weighted by molar-refractivity contribution is 7.94. The average molecular weight is 926 g/mol. The van der Waals surface area contributed by atoms with Gasteiger partial charge in [0.1, 0.15) is 11.5 Å². The highest BCUT2D eigenvalue weighted by Crippen LogP contribution is 2.62. The van der Waals surface area contributed by atoms with Crippen LogP contribution in [0.4, 0.5) is 52.7 Å². The summed E-state index contributed by atoms with van der Waals surface area (Å²) in [4.78, 5) is -0.557. The smallest absolute Gasteiger partial charge is 0.403 e. The zero-order valence-corrected chi connectivity index (χ0v) is 33.2. The van der Waals surface area contributed by atoms with E-state index in [1.165, 1.54) is 60.7 Å². The molecule has 326 valence electrons. The van der Waals surface area contributed by atoms with Crippen LogP contribution in [0.3, 0.4) is 0 Å². The zero-order valence-electron chi connectivity index (χ0n) is 31.5. The molecule has 0 amide bonds. The standard InChI is InChI=1S/C43H24F12NO5PS/c1-22-10-12-31(13-11-22)63(58,59)56-62(57)60-38-34(25-14-27(40(44,45)46)20-28(15-25)41(47,48)49)18-23-6-2-4-8-32(23)36(38)37-33-9-5-3-7-24(33)19-35(39(37)61-62)26-16-29(42(50,51)52)21-30(17-26)43(53,54)55/h2-21H,1H3,(H,56,57). The maximum Gasteiger partial charge on any atom is 0.526 e. The summed E-state index contributed by atoms with van der Waals surface area (Å²) in [6, 6.07) is 19.4. The van der Waals surface area contributed by atoms with E-state index >= 15 is 4.57 Å². The number of aryl methyl sites for hydroxylation is 1. The van der Waals surface area contributed by atoms with Crippen molar-refractivity contribution in [3.8, 4) is 44.9 Å². The fraction of sp³-hybridized carbons (Fsp3) is 0.116. The van der Waals surface area contributed by atoms with Gasteiger partial charge in [-0.05, 0) is 100 Å². The van der Waals surface area contributed by atoms with E-state index in [2.05, 4.69) is 0 Å². The van der Waals surface area contributed by atoms with Gasteiger partial charge < -0.3 is 9.05 Å². The van der Waals surface area contributed by atoms with Crippen LogP contribution < -0.4 is 13.5 Å². The Labute approximate surface area is 348 Å². The van der Waals surface area contributed by atoms with Gasteiger partial charge in [-0.25, -0.2) is 13.0 Å². The van der Waals surface area contributed by atoms with Crippen LogP contribution in [0.5, 0.6) is 11.5 Å². The van der Waals surface area contributed by atoms with Crippen LogP contribution in [0.2, 0.25) is 0 Å². The Bertz CT molecular complexity index is 2930. The molecule has 0 saturated heterocycles. The number of fused-ring (bicyclic) bond motifs is 7. The van der Waals surface area contributed by atoms with Crippen LogP contribution >= 0.6 is 7.75 Å². The van der Waals surface area contributed by atoms with Gasteiger partial charge in [0.15, 0.2) is 0 Å². The minimum atomic E-state index is -5.78. The molecule has 0 aromatic heterocycles. The molecule has 8 rings (SSSR count). The molecular weight excluding hydrogens is 901 g/mol. The predicted octanol–water partition coefficient (Wildman–Crippen LogP) is 14.2. The Morgan fingerprint density at radius 3 is 1.19 bits per heavy atom. The Kier molecular flexibility index (Phi) is 10.2. The van der Waals surface area contributed by atoms with Gasteiger partial charge in [0.2, 0.25) is 0 Å². The molecule has 63 heavy (non-hydrogen) atoms. The van der Waals surface area contributed by atoms with Crippen molar-refractivity contribution in [1.29, 1.82) is 0 Å². The van der Waals surface area contributed by atoms with Gasteiger partial charge in [0, 0.05) is 22.3 Å². The first kappa shape index (κ1) is 43.6. The Balaban J connectivity index is 1.56. The molecule has 1 N–H and O–H groups in total. The largest absolute Gasteiger partial charge is 0.526 e. The maximum absolute atomic E-state index is 15.3. The molecule has 0 fully saturated rings. The molecule has 1 aliphatic rings. The van der Waals surface area contributed by atoms with Gasteiger partial charge >= 0.3 is 32.5 Å². The average Bonchev–Trinajstić information content (AvgIpc) is 3.32. The maximum atomic E-state index is 15.3. The van der Waals surface area contributed by atoms with Crippen LogP contribution in [0.1, 0.15) is 27.8 Å². The predicted molar refractivity (Wildman–Crippen MR) is 208 cm³/mol. The summed E-state index contributed by atoms with van der Waals surface area (Å²) in [5, 5.41) is 0.246. The fourth-order valence-electron chi connectivity index (χ4n) is 7.21. The minimum Gasteiger partial charge on any atom is -0.403 e. The third kappa shape index (κ3) is 8.32. The van der Waals surface area contributed by atoms with E-state index in [0.717, 1.165) is 24.3 Å². The molecule has 20 heteroatoms. The Morgan fingerprint density at radius 1 is 0.492 bits per heavy atom. The summed E-state index contributed by atoms with van der Waals surface area (Å²) in [5.74, 6) is -1.64. The first-order valence-electron chi connectivity index (χ1n) is 18.0. The van der Waals surface area contributed by atoms with Crippen molar-refractivity contribution in [3.05, 3.63) is 149 Å². The third-order valence-corrected chi connectivity index (χ3v) is 13.6. The number of halogens is 12. The molecule has 0 aliphatic carbocycles. The monoisotopic (exact) mass is 925 g/mol. The summed E-state index contributed by atoms with van der Waals surface area (Å²) < 4.78 is 229. The number of sulfonamides is 1. The SMILES string of the molecule is Cc1ccc(S(=O)(=O)NP2(=O)Oc3c(-c4cc(C(F)(F)F)cc(C(F)(F)F)c4)cc4ccccc4c3-c3c(c(-c4cc(C(F)(F)F)cc(C(F)(F)F)c4)cc4ccccc34)O2)cc1. The van der Waals surface area contributed by atoms with Gasteiger partial charge in [0.25, 0.3) is 10.0 Å². The van der Waals surface area contributed by atoms with Crippen molar-refractivity contribution >= 4 is 39.3 Å². The molecule has 6 nitrogen and oxygen atoms in total. The summed E-state index contributed by atoms with van der Waals surface area (Å²) in [6.45, 7) is 1.60. The van der Waals surface area contributed by atoms with Crippen molar-refractivity contribution in [2.45, 2.75) is 36.5 Å². The summed E-state index contributed by atoms with van der Waals surface area (Å²) >= 11 is 0. The molecule has 0 bridgehead atoms. The first-order chi connectivity index (χ1) is 29.2. The quantitative estimate of drug-likeness (QED) is 0.137. The lowest BCUT2D eigenvalue weighted by molar-refractivity contribution is -0.144. The highest BCUT2D eigenvalue weighted by atomic mass is 32.2. The van der Waals surface area contributed by atoms with E-state index in [-0.39, 0.29) is 44.8 Å². The minimum absolute atomic E-state index is 0.0429. The molecule has 7 aromatic carbocycles. The number of hydrogen-bond donors (Lipinski definition) is 1. The molecule has 0 spiro atoms. The second kappa shape index (κ2) is 14.8.